The van der Waals surface area contributed by atoms with Gasteiger partial charge in [-0.05, 0) is 11.6 Å². The molecule has 3 rings (SSSR count). The third kappa shape index (κ3) is 4.74. The van der Waals surface area contributed by atoms with Gasteiger partial charge in [0, 0.05) is 39.9 Å². The number of thioether (sulfide) groups is 1. The highest BCUT2D eigenvalue weighted by Crippen LogP contribution is 2.42. The first-order valence-electron chi connectivity index (χ1n) is 8.38. The van der Waals surface area contributed by atoms with Gasteiger partial charge in [-0.15, -0.1) is 11.8 Å². The number of carbonyl (C=O) groups excluding carboxylic acids is 1. The Morgan fingerprint density at radius 2 is 1.63 bits per heavy atom. The van der Waals surface area contributed by atoms with Crippen LogP contribution in [0, 0.1) is 10.1 Å². The molecule has 0 spiro atoms. The SMILES string of the molecule is Nc1ccc([N+](=O)[O-])cc1SC(CC(=O)c1ccccc1)c1ccccc1. The highest BCUT2D eigenvalue weighted by Gasteiger charge is 2.21. The van der Waals surface area contributed by atoms with E-state index in [0.29, 0.717) is 16.1 Å². The Morgan fingerprint density at radius 3 is 2.26 bits per heavy atom. The van der Waals surface area contributed by atoms with Crippen LogP contribution in [-0.2, 0) is 0 Å². The average Bonchev–Trinajstić information content (AvgIpc) is 2.70. The number of hydrogen-bond donors (Lipinski definition) is 1. The maximum atomic E-state index is 12.7. The van der Waals surface area contributed by atoms with E-state index in [1.54, 1.807) is 12.1 Å². The van der Waals surface area contributed by atoms with E-state index in [1.165, 1.54) is 30.0 Å². The summed E-state index contributed by atoms with van der Waals surface area (Å²) in [6.07, 6.45) is 0.265. The number of Topliss-reactive ketones (excluding diaryl/α,β-unsaturated/α-hetero) is 1. The molecule has 0 saturated carbocycles. The molecule has 136 valence electrons. The fourth-order valence-electron chi connectivity index (χ4n) is 2.70. The molecule has 0 aromatic heterocycles. The smallest absolute Gasteiger partial charge is 0.270 e. The molecular weight excluding hydrogens is 360 g/mol. The molecule has 0 amide bonds. The number of nitrogens with two attached hydrogens (primary N) is 1. The number of carbonyl (C=O) groups is 1. The summed E-state index contributed by atoms with van der Waals surface area (Å²) in [5, 5.41) is 10.9. The molecule has 0 aliphatic rings. The Kier molecular flexibility index (Phi) is 5.88. The van der Waals surface area contributed by atoms with Gasteiger partial charge in [-0.25, -0.2) is 0 Å². The largest absolute Gasteiger partial charge is 0.398 e. The number of benzene rings is 3. The second-order valence-corrected chi connectivity index (χ2v) is 7.23. The summed E-state index contributed by atoms with van der Waals surface area (Å²) in [7, 11) is 0. The molecular formula is C21H18N2O3S. The van der Waals surface area contributed by atoms with Gasteiger partial charge in [-0.1, -0.05) is 60.7 Å². The van der Waals surface area contributed by atoms with Crippen LogP contribution in [0.1, 0.15) is 27.6 Å². The Balaban J connectivity index is 1.91. The zero-order chi connectivity index (χ0) is 19.2. The Labute approximate surface area is 161 Å². The number of non-ortho nitro benzene ring substituents is 1. The van der Waals surface area contributed by atoms with Crippen molar-refractivity contribution in [1.29, 1.82) is 0 Å². The molecule has 0 heterocycles. The molecule has 0 radical (unpaired) electrons. The van der Waals surface area contributed by atoms with E-state index in [2.05, 4.69) is 0 Å². The van der Waals surface area contributed by atoms with Crippen LogP contribution in [0.3, 0.4) is 0 Å². The number of rotatable bonds is 7. The van der Waals surface area contributed by atoms with Crippen LogP contribution in [-0.4, -0.2) is 10.7 Å². The lowest BCUT2D eigenvalue weighted by Gasteiger charge is -2.17. The van der Waals surface area contributed by atoms with Crippen molar-refractivity contribution in [3.63, 3.8) is 0 Å². The molecule has 0 saturated heterocycles. The number of hydrogen-bond acceptors (Lipinski definition) is 5. The first-order chi connectivity index (χ1) is 13.0. The summed E-state index contributed by atoms with van der Waals surface area (Å²) in [4.78, 5) is 24.0. The van der Waals surface area contributed by atoms with Crippen LogP contribution in [0.15, 0.2) is 83.8 Å². The van der Waals surface area contributed by atoms with Gasteiger partial charge in [0.1, 0.15) is 0 Å². The van der Waals surface area contributed by atoms with E-state index in [0.717, 1.165) is 5.56 Å². The summed E-state index contributed by atoms with van der Waals surface area (Å²) in [5.41, 5.74) is 8.08. The standard InChI is InChI=1S/C21H18N2O3S/c22-18-12-11-17(23(25)26)13-21(18)27-20(16-9-5-2-6-10-16)14-19(24)15-7-3-1-4-8-15/h1-13,20H,14,22H2. The minimum absolute atomic E-state index is 0.0148. The molecule has 6 heteroatoms. The number of nitrogens with zero attached hydrogens (tertiary/aromatic N) is 1. The Hall–Kier alpha value is -3.12. The van der Waals surface area contributed by atoms with Gasteiger partial charge >= 0.3 is 0 Å². The van der Waals surface area contributed by atoms with Gasteiger partial charge in [-0.3, -0.25) is 14.9 Å². The van der Waals surface area contributed by atoms with Crippen molar-refractivity contribution in [3.05, 3.63) is 100 Å². The predicted molar refractivity (Wildman–Crippen MR) is 108 cm³/mol. The molecule has 27 heavy (non-hydrogen) atoms. The molecule has 0 bridgehead atoms. The van der Waals surface area contributed by atoms with E-state index < -0.39 is 4.92 Å². The summed E-state index contributed by atoms with van der Waals surface area (Å²) in [6, 6.07) is 23.1. The molecule has 0 aliphatic heterocycles. The summed E-state index contributed by atoms with van der Waals surface area (Å²) >= 11 is 1.37. The lowest BCUT2D eigenvalue weighted by molar-refractivity contribution is -0.385. The van der Waals surface area contributed by atoms with Gasteiger partial charge < -0.3 is 5.73 Å². The number of nitrogen functional groups attached to an aromatic ring is 1. The van der Waals surface area contributed by atoms with Crippen LogP contribution in [0.25, 0.3) is 0 Å². The molecule has 2 N–H and O–H groups in total. The third-order valence-corrected chi connectivity index (χ3v) is 5.45. The van der Waals surface area contributed by atoms with Crippen molar-refractivity contribution in [2.45, 2.75) is 16.6 Å². The highest BCUT2D eigenvalue weighted by molar-refractivity contribution is 7.99. The number of nitro benzene ring substituents is 1. The van der Waals surface area contributed by atoms with Crippen LogP contribution in [0.2, 0.25) is 0 Å². The van der Waals surface area contributed by atoms with Crippen LogP contribution in [0.4, 0.5) is 11.4 Å². The molecule has 3 aromatic carbocycles. The molecule has 5 nitrogen and oxygen atoms in total. The minimum atomic E-state index is -0.448. The second kappa shape index (κ2) is 8.51. The quantitative estimate of drug-likeness (QED) is 0.199. The summed E-state index contributed by atoms with van der Waals surface area (Å²) in [6.45, 7) is 0. The summed E-state index contributed by atoms with van der Waals surface area (Å²) in [5.74, 6) is 0.0148. The van der Waals surface area contributed by atoms with Crippen LogP contribution in [0.5, 0.6) is 0 Å². The Morgan fingerprint density at radius 1 is 1.00 bits per heavy atom. The van der Waals surface area contributed by atoms with Crippen molar-refractivity contribution >= 4 is 28.9 Å². The Bertz CT molecular complexity index is 946. The molecule has 3 aromatic rings. The molecule has 1 unspecified atom stereocenters. The second-order valence-electron chi connectivity index (χ2n) is 5.99. The number of nitro groups is 1. The first-order valence-corrected chi connectivity index (χ1v) is 9.26. The molecule has 0 fully saturated rings. The van der Waals surface area contributed by atoms with Crippen molar-refractivity contribution < 1.29 is 9.72 Å². The normalized spacial score (nSPS) is 11.7. The zero-order valence-electron chi connectivity index (χ0n) is 14.4. The topological polar surface area (TPSA) is 86.2 Å². The van der Waals surface area contributed by atoms with Crippen LogP contribution < -0.4 is 5.73 Å². The molecule has 0 aliphatic carbocycles. The van der Waals surface area contributed by atoms with E-state index in [4.69, 9.17) is 5.73 Å². The third-order valence-electron chi connectivity index (χ3n) is 4.12. The fraction of sp³-hybridized carbons (Fsp3) is 0.0952. The van der Waals surface area contributed by atoms with Gasteiger partial charge in [0.05, 0.1) is 4.92 Å². The van der Waals surface area contributed by atoms with Gasteiger partial charge in [0.25, 0.3) is 5.69 Å². The van der Waals surface area contributed by atoms with Crippen molar-refractivity contribution in [2.24, 2.45) is 0 Å². The lowest BCUT2D eigenvalue weighted by Crippen LogP contribution is -2.06. The minimum Gasteiger partial charge on any atom is -0.398 e. The average molecular weight is 378 g/mol. The highest BCUT2D eigenvalue weighted by atomic mass is 32.2. The maximum Gasteiger partial charge on any atom is 0.270 e. The van der Waals surface area contributed by atoms with E-state index in [-0.39, 0.29) is 23.1 Å². The number of ketones is 1. The van der Waals surface area contributed by atoms with Gasteiger partial charge in [-0.2, -0.15) is 0 Å². The van der Waals surface area contributed by atoms with Gasteiger partial charge in [0.2, 0.25) is 0 Å². The van der Waals surface area contributed by atoms with Crippen molar-refractivity contribution in [2.75, 3.05) is 5.73 Å². The van der Waals surface area contributed by atoms with Crippen molar-refractivity contribution in [3.8, 4) is 0 Å². The number of anilines is 1. The summed E-state index contributed by atoms with van der Waals surface area (Å²) < 4.78 is 0. The van der Waals surface area contributed by atoms with Gasteiger partial charge in [0.15, 0.2) is 5.78 Å². The van der Waals surface area contributed by atoms with Crippen molar-refractivity contribution in [1.82, 2.24) is 0 Å². The molecule has 1 atom stereocenters. The first kappa shape index (κ1) is 18.7. The lowest BCUT2D eigenvalue weighted by atomic mass is 10.0. The predicted octanol–water partition coefficient (Wildman–Crippen LogP) is 5.28. The monoisotopic (exact) mass is 378 g/mol. The van der Waals surface area contributed by atoms with E-state index in [1.807, 2.05) is 48.5 Å². The fourth-order valence-corrected chi connectivity index (χ4v) is 3.92. The van der Waals surface area contributed by atoms with E-state index >= 15 is 0 Å². The van der Waals surface area contributed by atoms with E-state index in [9.17, 15) is 14.9 Å². The zero-order valence-corrected chi connectivity index (χ0v) is 15.3. The van der Waals surface area contributed by atoms with Crippen LogP contribution >= 0.6 is 11.8 Å². The maximum absolute atomic E-state index is 12.7.